The molecule has 6 heteroatoms. The van der Waals surface area contributed by atoms with E-state index in [1.165, 1.54) is 0 Å². The normalized spacial score (nSPS) is 11.1. The van der Waals surface area contributed by atoms with Crippen molar-refractivity contribution in [1.82, 2.24) is 14.6 Å². The van der Waals surface area contributed by atoms with Gasteiger partial charge in [-0.3, -0.25) is 0 Å². The van der Waals surface area contributed by atoms with Crippen LogP contribution in [0.5, 0.6) is 0 Å². The van der Waals surface area contributed by atoms with Crippen LogP contribution >= 0.6 is 0 Å². The lowest BCUT2D eigenvalue weighted by Gasteiger charge is -1.93. The van der Waals surface area contributed by atoms with Gasteiger partial charge in [-0.2, -0.15) is 5.10 Å². The quantitative estimate of drug-likeness (QED) is 0.789. The van der Waals surface area contributed by atoms with Crippen LogP contribution in [0.15, 0.2) is 35.0 Å². The standard InChI is InChI=1S/C14H13N3O3/c1-2-5-10-12(14(18)19)20-13(16-10)9-8-15-17-7-4-3-6-11(9)17/h3-4,6-8H,2,5H2,1H3,(H,18,19). The van der Waals surface area contributed by atoms with Gasteiger partial charge in [0.1, 0.15) is 0 Å². The van der Waals surface area contributed by atoms with Crippen molar-refractivity contribution in [1.29, 1.82) is 0 Å². The highest BCUT2D eigenvalue weighted by atomic mass is 16.4. The smallest absolute Gasteiger partial charge is 0.373 e. The number of carboxylic acid groups (broad SMARTS) is 1. The summed E-state index contributed by atoms with van der Waals surface area (Å²) in [5.74, 6) is -0.882. The average molecular weight is 271 g/mol. The highest BCUT2D eigenvalue weighted by Gasteiger charge is 2.21. The maximum absolute atomic E-state index is 11.2. The second-order valence-corrected chi connectivity index (χ2v) is 4.44. The van der Waals surface area contributed by atoms with Crippen molar-refractivity contribution in [2.75, 3.05) is 0 Å². The molecule has 3 rings (SSSR count). The van der Waals surface area contributed by atoms with Gasteiger partial charge in [0.25, 0.3) is 0 Å². The molecule has 0 aliphatic carbocycles. The zero-order valence-corrected chi connectivity index (χ0v) is 10.9. The maximum Gasteiger partial charge on any atom is 0.373 e. The van der Waals surface area contributed by atoms with E-state index in [4.69, 9.17) is 9.52 Å². The predicted molar refractivity (Wildman–Crippen MR) is 71.6 cm³/mol. The van der Waals surface area contributed by atoms with Gasteiger partial charge in [-0.25, -0.2) is 14.3 Å². The summed E-state index contributed by atoms with van der Waals surface area (Å²) >= 11 is 0. The van der Waals surface area contributed by atoms with Gasteiger partial charge in [-0.1, -0.05) is 19.4 Å². The molecule has 0 aliphatic heterocycles. The van der Waals surface area contributed by atoms with Crippen molar-refractivity contribution >= 4 is 11.5 Å². The first-order chi connectivity index (χ1) is 9.70. The summed E-state index contributed by atoms with van der Waals surface area (Å²) in [5, 5.41) is 13.4. The minimum atomic E-state index is -1.09. The number of aromatic nitrogens is 3. The molecule has 0 unspecified atom stereocenters. The van der Waals surface area contributed by atoms with Crippen molar-refractivity contribution in [3.63, 3.8) is 0 Å². The largest absolute Gasteiger partial charge is 0.475 e. The molecule has 0 amide bonds. The Morgan fingerprint density at radius 2 is 2.30 bits per heavy atom. The zero-order chi connectivity index (χ0) is 14.1. The van der Waals surface area contributed by atoms with Gasteiger partial charge in [-0.15, -0.1) is 0 Å². The number of aromatic carboxylic acids is 1. The Labute approximate surface area is 114 Å². The van der Waals surface area contributed by atoms with E-state index < -0.39 is 5.97 Å². The third-order valence-electron chi connectivity index (χ3n) is 3.04. The van der Waals surface area contributed by atoms with E-state index in [2.05, 4.69) is 10.1 Å². The Balaban J connectivity index is 2.14. The fourth-order valence-electron chi connectivity index (χ4n) is 2.14. The first kappa shape index (κ1) is 12.4. The van der Waals surface area contributed by atoms with E-state index >= 15 is 0 Å². The van der Waals surface area contributed by atoms with Crippen molar-refractivity contribution in [3.05, 3.63) is 42.0 Å². The number of aryl methyl sites for hydroxylation is 1. The van der Waals surface area contributed by atoms with Gasteiger partial charge in [-0.05, 0) is 18.6 Å². The molecule has 0 spiro atoms. The fourth-order valence-corrected chi connectivity index (χ4v) is 2.14. The van der Waals surface area contributed by atoms with Crippen molar-refractivity contribution in [3.8, 4) is 11.5 Å². The van der Waals surface area contributed by atoms with Gasteiger partial charge in [0.05, 0.1) is 23.0 Å². The topological polar surface area (TPSA) is 80.6 Å². The van der Waals surface area contributed by atoms with Crippen LogP contribution in [0.2, 0.25) is 0 Å². The molecule has 0 aliphatic rings. The molecule has 3 heterocycles. The van der Waals surface area contributed by atoms with Gasteiger partial charge >= 0.3 is 5.97 Å². The third-order valence-corrected chi connectivity index (χ3v) is 3.04. The van der Waals surface area contributed by atoms with Crippen LogP contribution in [0.25, 0.3) is 17.0 Å². The fraction of sp³-hybridized carbons (Fsp3) is 0.214. The summed E-state index contributed by atoms with van der Waals surface area (Å²) in [7, 11) is 0. The number of hydrogen-bond donors (Lipinski definition) is 1. The Morgan fingerprint density at radius 1 is 1.45 bits per heavy atom. The number of oxazole rings is 1. The van der Waals surface area contributed by atoms with E-state index in [-0.39, 0.29) is 5.76 Å². The minimum absolute atomic E-state index is 0.0860. The van der Waals surface area contributed by atoms with Crippen molar-refractivity contribution in [2.24, 2.45) is 0 Å². The zero-order valence-electron chi connectivity index (χ0n) is 10.9. The first-order valence-corrected chi connectivity index (χ1v) is 6.36. The molecule has 0 aromatic carbocycles. The SMILES string of the molecule is CCCc1nc(-c2cnn3ccccc23)oc1C(=O)O. The molecular weight excluding hydrogens is 258 g/mol. The van der Waals surface area contributed by atoms with E-state index in [1.807, 2.05) is 31.3 Å². The summed E-state index contributed by atoms with van der Waals surface area (Å²) in [4.78, 5) is 15.5. The monoisotopic (exact) mass is 271 g/mol. The van der Waals surface area contributed by atoms with Crippen LogP contribution in [0.1, 0.15) is 29.6 Å². The number of nitrogens with zero attached hydrogens (tertiary/aromatic N) is 3. The number of pyridine rings is 1. The summed E-state index contributed by atoms with van der Waals surface area (Å²) in [6, 6.07) is 5.63. The van der Waals surface area contributed by atoms with Crippen LogP contribution in [-0.4, -0.2) is 25.7 Å². The minimum Gasteiger partial charge on any atom is -0.475 e. The van der Waals surface area contributed by atoms with E-state index in [9.17, 15) is 4.79 Å². The summed E-state index contributed by atoms with van der Waals surface area (Å²) in [5.41, 5.74) is 1.99. The van der Waals surface area contributed by atoms with Crippen molar-refractivity contribution < 1.29 is 14.3 Å². The Bertz CT molecular complexity index is 773. The molecule has 3 aromatic rings. The highest BCUT2D eigenvalue weighted by Crippen LogP contribution is 2.26. The summed E-state index contributed by atoms with van der Waals surface area (Å²) < 4.78 is 7.11. The number of carbonyl (C=O) groups is 1. The number of fused-ring (bicyclic) bond motifs is 1. The molecular formula is C14H13N3O3. The lowest BCUT2D eigenvalue weighted by molar-refractivity contribution is 0.0661. The van der Waals surface area contributed by atoms with E-state index in [0.29, 0.717) is 23.6 Å². The highest BCUT2D eigenvalue weighted by molar-refractivity contribution is 5.87. The van der Waals surface area contributed by atoms with Gasteiger partial charge in [0.15, 0.2) is 0 Å². The molecule has 6 nitrogen and oxygen atoms in total. The van der Waals surface area contributed by atoms with Crippen molar-refractivity contribution in [2.45, 2.75) is 19.8 Å². The molecule has 0 saturated heterocycles. The molecule has 102 valence electrons. The maximum atomic E-state index is 11.2. The summed E-state index contributed by atoms with van der Waals surface area (Å²) in [6.45, 7) is 1.97. The molecule has 0 fully saturated rings. The van der Waals surface area contributed by atoms with Crippen LogP contribution in [0, 0.1) is 0 Å². The number of rotatable bonds is 4. The second-order valence-electron chi connectivity index (χ2n) is 4.44. The van der Waals surface area contributed by atoms with Gasteiger partial charge < -0.3 is 9.52 Å². The molecule has 0 saturated carbocycles. The molecule has 20 heavy (non-hydrogen) atoms. The molecule has 3 aromatic heterocycles. The molecule has 0 radical (unpaired) electrons. The lowest BCUT2D eigenvalue weighted by atomic mass is 10.2. The van der Waals surface area contributed by atoms with Gasteiger partial charge in [0, 0.05) is 6.20 Å². The van der Waals surface area contributed by atoms with Crippen LogP contribution in [-0.2, 0) is 6.42 Å². The third kappa shape index (κ3) is 1.95. The molecule has 1 N–H and O–H groups in total. The Morgan fingerprint density at radius 3 is 3.05 bits per heavy atom. The average Bonchev–Trinajstić information content (AvgIpc) is 3.02. The summed E-state index contributed by atoms with van der Waals surface area (Å²) in [6.07, 6.45) is 4.82. The van der Waals surface area contributed by atoms with Crippen LogP contribution in [0.4, 0.5) is 0 Å². The number of hydrogen-bond acceptors (Lipinski definition) is 4. The predicted octanol–water partition coefficient (Wildman–Crippen LogP) is 2.64. The second kappa shape index (κ2) is 4.80. The van der Waals surface area contributed by atoms with E-state index in [1.54, 1.807) is 10.7 Å². The van der Waals surface area contributed by atoms with Crippen LogP contribution < -0.4 is 0 Å². The first-order valence-electron chi connectivity index (χ1n) is 6.36. The van der Waals surface area contributed by atoms with Gasteiger partial charge in [0.2, 0.25) is 11.7 Å². The van der Waals surface area contributed by atoms with Crippen LogP contribution in [0.3, 0.4) is 0 Å². The Hall–Kier alpha value is -2.63. The van der Waals surface area contributed by atoms with E-state index in [0.717, 1.165) is 11.9 Å². The molecule has 0 bridgehead atoms. The number of carboxylic acids is 1. The molecule has 0 atom stereocenters. The Kier molecular flexibility index (Phi) is 2.98. The lowest BCUT2D eigenvalue weighted by Crippen LogP contribution is -1.99.